The van der Waals surface area contributed by atoms with Gasteiger partial charge in [0.1, 0.15) is 23.3 Å². The van der Waals surface area contributed by atoms with Gasteiger partial charge in [-0.3, -0.25) is 0 Å². The van der Waals surface area contributed by atoms with Gasteiger partial charge in [0.25, 0.3) is 0 Å². The average Bonchev–Trinajstić information content (AvgIpc) is 2.31. The molecule has 0 N–H and O–H groups in total. The van der Waals surface area contributed by atoms with Crippen LogP contribution in [0.3, 0.4) is 0 Å². The Morgan fingerprint density at radius 1 is 0.895 bits per heavy atom. The monoisotopic (exact) mass is 308 g/mol. The highest BCUT2D eigenvalue weighted by Crippen LogP contribution is 2.37. The first-order valence-corrected chi connectivity index (χ1v) is 5.95. The third-order valence-corrected chi connectivity index (χ3v) is 3.40. The highest BCUT2D eigenvalue weighted by molar-refractivity contribution is 6.33. The highest BCUT2D eigenvalue weighted by atomic mass is 35.5. The third-order valence-electron chi connectivity index (χ3n) is 2.55. The fourth-order valence-electron chi connectivity index (χ4n) is 1.67. The smallest absolute Gasteiger partial charge is 0.142 e. The quantitative estimate of drug-likeness (QED) is 0.527. The lowest BCUT2D eigenvalue weighted by atomic mass is 10.0. The van der Waals surface area contributed by atoms with Crippen molar-refractivity contribution >= 4 is 23.2 Å². The number of halogens is 6. The zero-order valence-electron chi connectivity index (χ0n) is 9.23. The molecule has 2 rings (SSSR count). The zero-order valence-corrected chi connectivity index (χ0v) is 10.7. The van der Waals surface area contributed by atoms with Crippen LogP contribution in [0.4, 0.5) is 17.6 Å². The van der Waals surface area contributed by atoms with E-state index in [1.54, 1.807) is 0 Å². The molecule has 2 aromatic carbocycles. The Labute approximate surface area is 116 Å². The molecule has 0 fully saturated rings. The minimum Gasteiger partial charge on any atom is -0.207 e. The van der Waals surface area contributed by atoms with Crippen LogP contribution in [0.1, 0.15) is 16.5 Å². The van der Waals surface area contributed by atoms with E-state index >= 15 is 0 Å². The fraction of sp³-hybridized carbons (Fsp3) is 0.0769. The number of benzene rings is 2. The number of rotatable bonds is 2. The second-order valence-corrected chi connectivity index (χ2v) is 4.60. The highest BCUT2D eigenvalue weighted by Gasteiger charge is 2.24. The summed E-state index contributed by atoms with van der Waals surface area (Å²) in [5.41, 5.74) is -0.566. The Hall–Kier alpha value is -1.26. The van der Waals surface area contributed by atoms with Gasteiger partial charge in [-0.25, -0.2) is 17.6 Å². The summed E-state index contributed by atoms with van der Waals surface area (Å²) in [6.07, 6.45) is 0. The summed E-state index contributed by atoms with van der Waals surface area (Å²) in [4.78, 5) is 0. The summed E-state index contributed by atoms with van der Waals surface area (Å²) in [6, 6.07) is 4.74. The van der Waals surface area contributed by atoms with E-state index in [4.69, 9.17) is 23.2 Å². The molecule has 0 aromatic heterocycles. The predicted molar refractivity (Wildman–Crippen MR) is 65.4 cm³/mol. The summed E-state index contributed by atoms with van der Waals surface area (Å²) in [6.45, 7) is 0. The lowest BCUT2D eigenvalue weighted by Crippen LogP contribution is -2.03. The second-order valence-electron chi connectivity index (χ2n) is 3.79. The summed E-state index contributed by atoms with van der Waals surface area (Å²) < 4.78 is 53.2. The van der Waals surface area contributed by atoms with Gasteiger partial charge in [0, 0.05) is 17.7 Å². The van der Waals surface area contributed by atoms with Crippen LogP contribution in [0.15, 0.2) is 30.3 Å². The molecule has 0 heterocycles. The van der Waals surface area contributed by atoms with Gasteiger partial charge in [-0.15, -0.1) is 11.6 Å². The lowest BCUT2D eigenvalue weighted by molar-refractivity contribution is 0.526. The number of alkyl halides is 1. The van der Waals surface area contributed by atoms with Crippen LogP contribution < -0.4 is 0 Å². The van der Waals surface area contributed by atoms with Crippen molar-refractivity contribution in [2.45, 2.75) is 5.38 Å². The zero-order chi connectivity index (χ0) is 14.2. The molecule has 0 aliphatic heterocycles. The standard InChI is InChI=1S/C13H6Cl2F4/c14-12-7(2-1-3-8(12)17)13(15)11-9(18)4-6(16)5-10(11)19/h1-5,13H. The molecule has 0 radical (unpaired) electrons. The van der Waals surface area contributed by atoms with Gasteiger partial charge >= 0.3 is 0 Å². The molecule has 0 nitrogen and oxygen atoms in total. The molecule has 0 saturated carbocycles. The normalized spacial score (nSPS) is 12.5. The van der Waals surface area contributed by atoms with E-state index in [1.807, 2.05) is 0 Å². The molecule has 0 bridgehead atoms. The van der Waals surface area contributed by atoms with Gasteiger partial charge < -0.3 is 0 Å². The van der Waals surface area contributed by atoms with Crippen LogP contribution in [0.5, 0.6) is 0 Å². The van der Waals surface area contributed by atoms with Crippen LogP contribution in [-0.4, -0.2) is 0 Å². The van der Waals surface area contributed by atoms with Crippen molar-refractivity contribution < 1.29 is 17.6 Å². The van der Waals surface area contributed by atoms with Crippen molar-refractivity contribution in [3.05, 3.63) is 69.8 Å². The first-order chi connectivity index (χ1) is 8.91. The minimum absolute atomic E-state index is 0.00717. The van der Waals surface area contributed by atoms with Crippen LogP contribution in [0, 0.1) is 23.3 Å². The van der Waals surface area contributed by atoms with E-state index < -0.39 is 34.2 Å². The topological polar surface area (TPSA) is 0 Å². The molecule has 0 spiro atoms. The second kappa shape index (κ2) is 5.39. The molecule has 0 aliphatic rings. The van der Waals surface area contributed by atoms with Crippen LogP contribution >= 0.6 is 23.2 Å². The van der Waals surface area contributed by atoms with Crippen molar-refractivity contribution in [2.75, 3.05) is 0 Å². The summed E-state index contributed by atoms with van der Waals surface area (Å²) >= 11 is 11.6. The SMILES string of the molecule is Fc1cc(F)c(C(Cl)c2cccc(F)c2Cl)c(F)c1. The first-order valence-electron chi connectivity index (χ1n) is 5.14. The Morgan fingerprint density at radius 2 is 1.47 bits per heavy atom. The Balaban J connectivity index is 2.56. The van der Waals surface area contributed by atoms with Gasteiger partial charge in [-0.1, -0.05) is 23.7 Å². The number of hydrogen-bond acceptors (Lipinski definition) is 0. The molecule has 1 atom stereocenters. The molecule has 1 unspecified atom stereocenters. The molecule has 19 heavy (non-hydrogen) atoms. The van der Waals surface area contributed by atoms with Gasteiger partial charge in [-0.05, 0) is 11.6 Å². The molecule has 0 aliphatic carbocycles. The van der Waals surface area contributed by atoms with E-state index in [-0.39, 0.29) is 10.6 Å². The Kier molecular flexibility index (Phi) is 4.02. The molecule has 0 saturated heterocycles. The summed E-state index contributed by atoms with van der Waals surface area (Å²) in [5.74, 6) is -4.13. The largest absolute Gasteiger partial charge is 0.207 e. The van der Waals surface area contributed by atoms with E-state index in [9.17, 15) is 17.6 Å². The van der Waals surface area contributed by atoms with Crippen molar-refractivity contribution in [2.24, 2.45) is 0 Å². The van der Waals surface area contributed by atoms with Crippen molar-refractivity contribution in [1.29, 1.82) is 0 Å². The van der Waals surface area contributed by atoms with Gasteiger partial charge in [0.2, 0.25) is 0 Å². The van der Waals surface area contributed by atoms with Crippen LogP contribution in [0.2, 0.25) is 5.02 Å². The number of hydrogen-bond donors (Lipinski definition) is 0. The predicted octanol–water partition coefficient (Wildman–Crippen LogP) is 5.22. The molecule has 6 heteroatoms. The minimum atomic E-state index is -1.36. The van der Waals surface area contributed by atoms with Crippen molar-refractivity contribution in [3.8, 4) is 0 Å². The Bertz CT molecular complexity index is 605. The lowest BCUT2D eigenvalue weighted by Gasteiger charge is -2.14. The average molecular weight is 309 g/mol. The Morgan fingerprint density at radius 3 is 2.05 bits per heavy atom. The van der Waals surface area contributed by atoms with Gasteiger partial charge in [-0.2, -0.15) is 0 Å². The molecule has 100 valence electrons. The van der Waals surface area contributed by atoms with Crippen molar-refractivity contribution in [1.82, 2.24) is 0 Å². The fourth-order valence-corrected chi connectivity index (χ4v) is 2.35. The summed E-state index contributed by atoms with van der Waals surface area (Å²) in [7, 11) is 0. The van der Waals surface area contributed by atoms with Gasteiger partial charge in [0.15, 0.2) is 0 Å². The maximum Gasteiger partial charge on any atom is 0.142 e. The molecular formula is C13H6Cl2F4. The van der Waals surface area contributed by atoms with E-state index in [0.29, 0.717) is 12.1 Å². The molecule has 0 amide bonds. The van der Waals surface area contributed by atoms with Gasteiger partial charge in [0.05, 0.1) is 10.4 Å². The van der Waals surface area contributed by atoms with Crippen LogP contribution in [-0.2, 0) is 0 Å². The third kappa shape index (κ3) is 2.69. The van der Waals surface area contributed by atoms with Crippen LogP contribution in [0.25, 0.3) is 0 Å². The van der Waals surface area contributed by atoms with E-state index in [0.717, 1.165) is 6.07 Å². The maximum absolute atomic E-state index is 13.6. The summed E-state index contributed by atoms with van der Waals surface area (Å²) in [5, 5.41) is -1.69. The van der Waals surface area contributed by atoms with E-state index in [2.05, 4.69) is 0 Å². The van der Waals surface area contributed by atoms with Crippen molar-refractivity contribution in [3.63, 3.8) is 0 Å². The maximum atomic E-state index is 13.6. The molecular weight excluding hydrogens is 303 g/mol. The first kappa shape index (κ1) is 14.2. The molecule has 2 aromatic rings. The van der Waals surface area contributed by atoms with E-state index in [1.165, 1.54) is 12.1 Å².